The first-order chi connectivity index (χ1) is 8.19. The van der Waals surface area contributed by atoms with Crippen LogP contribution in [-0.4, -0.2) is 12.0 Å². The Morgan fingerprint density at radius 1 is 1.24 bits per heavy atom. The Kier molecular flexibility index (Phi) is 3.86. The number of halogens is 1. The second-order valence-corrected chi connectivity index (χ2v) is 5.41. The van der Waals surface area contributed by atoms with Crippen LogP contribution in [0, 0.1) is 0 Å². The highest BCUT2D eigenvalue weighted by atomic mass is 35.5. The van der Waals surface area contributed by atoms with Crippen molar-refractivity contribution in [1.29, 1.82) is 0 Å². The van der Waals surface area contributed by atoms with E-state index < -0.39 is 0 Å². The molecule has 2 heterocycles. The van der Waals surface area contributed by atoms with Crippen LogP contribution >= 0.6 is 22.9 Å². The van der Waals surface area contributed by atoms with Gasteiger partial charge in [0.2, 0.25) is 0 Å². The molecule has 17 heavy (non-hydrogen) atoms. The van der Waals surface area contributed by atoms with E-state index in [2.05, 4.69) is 22.5 Å². The normalized spacial score (nSPS) is 12.2. The fourth-order valence-corrected chi connectivity index (χ4v) is 2.57. The number of hydrogen-bond acceptors (Lipinski definition) is 4. The third-order valence-electron chi connectivity index (χ3n) is 2.39. The minimum absolute atomic E-state index is 0.201. The molecule has 1 unspecified atom stereocenters. The molecule has 0 bridgehead atoms. The molecule has 2 aromatic rings. The maximum absolute atomic E-state index is 5.92. The van der Waals surface area contributed by atoms with E-state index in [-0.39, 0.29) is 6.04 Å². The predicted octanol–water partition coefficient (Wildman–Crippen LogP) is 4.01. The van der Waals surface area contributed by atoms with Crippen LogP contribution in [0.4, 0.5) is 11.6 Å². The molecule has 2 rings (SSSR count). The van der Waals surface area contributed by atoms with Gasteiger partial charge in [-0.05, 0) is 31.2 Å². The molecule has 0 amide bonds. The molecule has 0 aliphatic rings. The van der Waals surface area contributed by atoms with Crippen molar-refractivity contribution in [3.63, 3.8) is 0 Å². The van der Waals surface area contributed by atoms with Gasteiger partial charge in [-0.3, -0.25) is 0 Å². The number of hydrogen-bond donors (Lipinski definition) is 2. The molecule has 2 N–H and O–H groups in total. The zero-order valence-corrected chi connectivity index (χ0v) is 11.3. The minimum Gasteiger partial charge on any atom is -0.373 e. The van der Waals surface area contributed by atoms with E-state index in [4.69, 9.17) is 11.6 Å². The number of nitrogens with one attached hydrogen (secondary N) is 2. The van der Waals surface area contributed by atoms with Gasteiger partial charge in [-0.25, -0.2) is 4.98 Å². The van der Waals surface area contributed by atoms with Gasteiger partial charge in [0.15, 0.2) is 0 Å². The van der Waals surface area contributed by atoms with Gasteiger partial charge >= 0.3 is 0 Å². The van der Waals surface area contributed by atoms with Crippen molar-refractivity contribution in [2.24, 2.45) is 0 Å². The topological polar surface area (TPSA) is 37.0 Å². The van der Waals surface area contributed by atoms with Crippen molar-refractivity contribution in [3.05, 3.63) is 39.5 Å². The quantitative estimate of drug-likeness (QED) is 0.879. The first kappa shape index (κ1) is 12.2. The molecule has 0 spiro atoms. The number of rotatable bonds is 4. The second-order valence-electron chi connectivity index (χ2n) is 3.67. The van der Waals surface area contributed by atoms with Crippen molar-refractivity contribution in [3.8, 4) is 0 Å². The SMILES string of the molecule is CNc1cccc(NC(C)c2ccc(Cl)s2)n1. The lowest BCUT2D eigenvalue weighted by atomic mass is 10.3. The maximum Gasteiger partial charge on any atom is 0.128 e. The van der Waals surface area contributed by atoms with Gasteiger partial charge in [-0.2, -0.15) is 0 Å². The number of anilines is 2. The largest absolute Gasteiger partial charge is 0.373 e. The van der Waals surface area contributed by atoms with E-state index in [0.29, 0.717) is 0 Å². The number of thiophene rings is 1. The summed E-state index contributed by atoms with van der Waals surface area (Å²) in [7, 11) is 1.86. The molecule has 0 aliphatic carbocycles. The Morgan fingerprint density at radius 3 is 2.65 bits per heavy atom. The van der Waals surface area contributed by atoms with E-state index in [1.165, 1.54) is 4.88 Å². The molecule has 1 atom stereocenters. The van der Waals surface area contributed by atoms with E-state index in [9.17, 15) is 0 Å². The summed E-state index contributed by atoms with van der Waals surface area (Å²) in [6.07, 6.45) is 0. The fraction of sp³-hybridized carbons (Fsp3) is 0.250. The van der Waals surface area contributed by atoms with Gasteiger partial charge in [-0.15, -0.1) is 11.3 Å². The first-order valence-electron chi connectivity index (χ1n) is 5.35. The molecule has 0 aromatic carbocycles. The highest BCUT2D eigenvalue weighted by Gasteiger charge is 2.08. The molecule has 0 saturated carbocycles. The minimum atomic E-state index is 0.201. The third kappa shape index (κ3) is 3.11. The number of nitrogens with zero attached hydrogens (tertiary/aromatic N) is 1. The van der Waals surface area contributed by atoms with Gasteiger partial charge in [0.05, 0.1) is 10.4 Å². The van der Waals surface area contributed by atoms with Crippen molar-refractivity contribution < 1.29 is 0 Å². The van der Waals surface area contributed by atoms with Crippen LogP contribution in [0.5, 0.6) is 0 Å². The van der Waals surface area contributed by atoms with Gasteiger partial charge in [0.1, 0.15) is 11.6 Å². The molecule has 90 valence electrons. The smallest absolute Gasteiger partial charge is 0.128 e. The van der Waals surface area contributed by atoms with Crippen molar-refractivity contribution in [2.45, 2.75) is 13.0 Å². The Labute approximate surface area is 110 Å². The van der Waals surface area contributed by atoms with Crippen LogP contribution in [0.2, 0.25) is 4.34 Å². The number of aromatic nitrogens is 1. The highest BCUT2D eigenvalue weighted by molar-refractivity contribution is 7.16. The molecule has 3 nitrogen and oxygen atoms in total. The van der Waals surface area contributed by atoms with Crippen LogP contribution < -0.4 is 10.6 Å². The average Bonchev–Trinajstić information content (AvgIpc) is 2.76. The van der Waals surface area contributed by atoms with Crippen LogP contribution in [0.15, 0.2) is 30.3 Å². The van der Waals surface area contributed by atoms with Crippen molar-refractivity contribution in [1.82, 2.24) is 4.98 Å². The zero-order chi connectivity index (χ0) is 12.3. The summed E-state index contributed by atoms with van der Waals surface area (Å²) in [5.41, 5.74) is 0. The lowest BCUT2D eigenvalue weighted by Crippen LogP contribution is -2.07. The van der Waals surface area contributed by atoms with Gasteiger partial charge in [-0.1, -0.05) is 17.7 Å². The van der Waals surface area contributed by atoms with E-state index in [1.807, 2.05) is 37.4 Å². The summed E-state index contributed by atoms with van der Waals surface area (Å²) in [5.74, 6) is 1.71. The van der Waals surface area contributed by atoms with E-state index in [1.54, 1.807) is 11.3 Å². The Hall–Kier alpha value is -1.26. The summed E-state index contributed by atoms with van der Waals surface area (Å²) in [5, 5.41) is 6.36. The predicted molar refractivity (Wildman–Crippen MR) is 75.2 cm³/mol. The van der Waals surface area contributed by atoms with Gasteiger partial charge < -0.3 is 10.6 Å². The van der Waals surface area contributed by atoms with Gasteiger partial charge in [0.25, 0.3) is 0 Å². The molecular weight excluding hydrogens is 254 g/mol. The van der Waals surface area contributed by atoms with Crippen LogP contribution in [0.25, 0.3) is 0 Å². The summed E-state index contributed by atoms with van der Waals surface area (Å²) in [6, 6.07) is 10.00. The average molecular weight is 268 g/mol. The second kappa shape index (κ2) is 5.38. The molecule has 0 saturated heterocycles. The highest BCUT2D eigenvalue weighted by Crippen LogP contribution is 2.28. The maximum atomic E-state index is 5.92. The summed E-state index contributed by atoms with van der Waals surface area (Å²) in [4.78, 5) is 5.61. The molecule has 5 heteroatoms. The molecule has 0 fully saturated rings. The van der Waals surface area contributed by atoms with Crippen LogP contribution in [0.3, 0.4) is 0 Å². The Balaban J connectivity index is 2.09. The Bertz CT molecular complexity index is 498. The van der Waals surface area contributed by atoms with Crippen molar-refractivity contribution >= 4 is 34.6 Å². The fourth-order valence-electron chi connectivity index (χ4n) is 1.51. The molecule has 2 aromatic heterocycles. The standard InChI is InChI=1S/C12H14ClN3S/c1-8(9-6-7-10(13)17-9)15-12-5-3-4-11(14-2)16-12/h3-8H,1-2H3,(H2,14,15,16). The summed E-state index contributed by atoms with van der Waals surface area (Å²) in [6.45, 7) is 2.09. The summed E-state index contributed by atoms with van der Waals surface area (Å²) < 4.78 is 0.811. The van der Waals surface area contributed by atoms with Crippen LogP contribution in [-0.2, 0) is 0 Å². The van der Waals surface area contributed by atoms with Gasteiger partial charge in [0, 0.05) is 11.9 Å². The van der Waals surface area contributed by atoms with E-state index in [0.717, 1.165) is 16.0 Å². The monoisotopic (exact) mass is 267 g/mol. The van der Waals surface area contributed by atoms with Crippen molar-refractivity contribution in [2.75, 3.05) is 17.7 Å². The summed E-state index contributed by atoms with van der Waals surface area (Å²) >= 11 is 7.50. The van der Waals surface area contributed by atoms with Crippen LogP contribution in [0.1, 0.15) is 17.8 Å². The molecule has 0 radical (unpaired) electrons. The first-order valence-corrected chi connectivity index (χ1v) is 6.55. The zero-order valence-electron chi connectivity index (χ0n) is 9.70. The lowest BCUT2D eigenvalue weighted by Gasteiger charge is -2.13. The Morgan fingerprint density at radius 2 is 2.00 bits per heavy atom. The van der Waals surface area contributed by atoms with E-state index >= 15 is 0 Å². The molecule has 0 aliphatic heterocycles. The third-order valence-corrected chi connectivity index (χ3v) is 3.80. The lowest BCUT2D eigenvalue weighted by molar-refractivity contribution is 0.897. The number of pyridine rings is 1. The molecular formula is C12H14ClN3S.